The summed E-state index contributed by atoms with van der Waals surface area (Å²) in [5.74, 6) is -1.33. The second-order valence-electron chi connectivity index (χ2n) is 3.91. The Morgan fingerprint density at radius 2 is 1.78 bits per heavy atom. The van der Waals surface area contributed by atoms with E-state index in [9.17, 15) is 8.78 Å². The molecule has 0 fully saturated rings. The van der Waals surface area contributed by atoms with Crippen LogP contribution in [0.15, 0.2) is 30.3 Å². The minimum atomic E-state index is -0.664. The maximum Gasteiger partial charge on any atom is 0.149 e. The van der Waals surface area contributed by atoms with Crippen LogP contribution < -0.4 is 11.1 Å². The summed E-state index contributed by atoms with van der Waals surface area (Å²) in [6, 6.07) is 6.85. The lowest BCUT2D eigenvalue weighted by Gasteiger charge is -2.12. The summed E-state index contributed by atoms with van der Waals surface area (Å²) in [4.78, 5) is 0. The molecule has 0 spiro atoms. The molecule has 0 saturated carbocycles. The lowest BCUT2D eigenvalue weighted by molar-refractivity contribution is 0.591. The minimum Gasteiger partial charge on any atom is -0.398 e. The maximum absolute atomic E-state index is 13.5. The zero-order chi connectivity index (χ0) is 13.3. The number of aryl methyl sites for hydroxylation is 1. The minimum absolute atomic E-state index is 0.207. The summed E-state index contributed by atoms with van der Waals surface area (Å²) in [7, 11) is 0. The summed E-state index contributed by atoms with van der Waals surface area (Å²) in [5, 5.41) is 3.02. The van der Waals surface area contributed by atoms with Crippen LogP contribution in [0.2, 0.25) is 5.02 Å². The number of rotatable bonds is 2. The van der Waals surface area contributed by atoms with Crippen molar-refractivity contribution in [3.05, 3.63) is 52.6 Å². The second-order valence-corrected chi connectivity index (χ2v) is 4.32. The molecular formula is C13H11ClF2N2. The van der Waals surface area contributed by atoms with Gasteiger partial charge in [0.05, 0.1) is 10.7 Å². The molecule has 2 nitrogen and oxygen atoms in total. The van der Waals surface area contributed by atoms with Gasteiger partial charge >= 0.3 is 0 Å². The van der Waals surface area contributed by atoms with Crippen molar-refractivity contribution in [3.63, 3.8) is 0 Å². The second kappa shape index (κ2) is 4.82. The number of nitrogens with one attached hydrogen (secondary N) is 1. The first-order valence-electron chi connectivity index (χ1n) is 5.25. The number of nitrogens with two attached hydrogens (primary N) is 1. The average Bonchev–Trinajstić information content (AvgIpc) is 2.30. The zero-order valence-corrected chi connectivity index (χ0v) is 10.4. The van der Waals surface area contributed by atoms with E-state index in [1.54, 1.807) is 13.0 Å². The molecule has 0 amide bonds. The van der Waals surface area contributed by atoms with Gasteiger partial charge < -0.3 is 11.1 Å². The van der Waals surface area contributed by atoms with Crippen LogP contribution in [-0.2, 0) is 0 Å². The van der Waals surface area contributed by atoms with Crippen molar-refractivity contribution < 1.29 is 8.78 Å². The first-order chi connectivity index (χ1) is 8.49. The van der Waals surface area contributed by atoms with Crippen LogP contribution in [-0.4, -0.2) is 0 Å². The van der Waals surface area contributed by atoms with E-state index in [4.69, 9.17) is 17.3 Å². The predicted molar refractivity (Wildman–Crippen MR) is 70.2 cm³/mol. The molecule has 0 atom stereocenters. The van der Waals surface area contributed by atoms with E-state index < -0.39 is 11.6 Å². The van der Waals surface area contributed by atoms with Crippen molar-refractivity contribution in [2.75, 3.05) is 11.1 Å². The topological polar surface area (TPSA) is 38.0 Å². The lowest BCUT2D eigenvalue weighted by Crippen LogP contribution is -2.00. The first kappa shape index (κ1) is 12.6. The van der Waals surface area contributed by atoms with Crippen molar-refractivity contribution in [1.82, 2.24) is 0 Å². The summed E-state index contributed by atoms with van der Waals surface area (Å²) < 4.78 is 27.0. The number of halogens is 3. The third-order valence-corrected chi connectivity index (χ3v) is 2.89. The van der Waals surface area contributed by atoms with Crippen LogP contribution in [0.5, 0.6) is 0 Å². The van der Waals surface area contributed by atoms with E-state index in [0.717, 1.165) is 5.56 Å². The Kier molecular flexibility index (Phi) is 3.39. The summed E-state index contributed by atoms with van der Waals surface area (Å²) in [6.45, 7) is 1.77. The van der Waals surface area contributed by atoms with Crippen LogP contribution in [0.4, 0.5) is 25.8 Å². The molecule has 0 radical (unpaired) electrons. The zero-order valence-electron chi connectivity index (χ0n) is 9.60. The average molecular weight is 269 g/mol. The van der Waals surface area contributed by atoms with E-state index in [2.05, 4.69) is 5.32 Å². The van der Waals surface area contributed by atoms with E-state index in [0.29, 0.717) is 16.4 Å². The highest BCUT2D eigenvalue weighted by Crippen LogP contribution is 2.30. The molecule has 18 heavy (non-hydrogen) atoms. The van der Waals surface area contributed by atoms with Crippen molar-refractivity contribution in [3.8, 4) is 0 Å². The van der Waals surface area contributed by atoms with Gasteiger partial charge in [-0.05, 0) is 36.8 Å². The Balaban J connectivity index is 2.43. The first-order valence-corrected chi connectivity index (χ1v) is 5.63. The molecule has 2 aromatic carbocycles. The SMILES string of the molecule is Cc1cc(N)c(Cl)cc1Nc1c(F)cccc1F. The van der Waals surface area contributed by atoms with Crippen LogP contribution in [0.3, 0.4) is 0 Å². The summed E-state index contributed by atoms with van der Waals surface area (Å²) >= 11 is 5.88. The molecule has 0 aliphatic rings. The van der Waals surface area contributed by atoms with Gasteiger partial charge in [0.25, 0.3) is 0 Å². The van der Waals surface area contributed by atoms with E-state index in [1.165, 1.54) is 24.3 Å². The van der Waals surface area contributed by atoms with Crippen LogP contribution in [0.25, 0.3) is 0 Å². The molecule has 0 aliphatic carbocycles. The molecule has 94 valence electrons. The Morgan fingerprint density at radius 1 is 1.17 bits per heavy atom. The van der Waals surface area contributed by atoms with Crippen LogP contribution >= 0.6 is 11.6 Å². The third-order valence-electron chi connectivity index (χ3n) is 2.57. The smallest absolute Gasteiger partial charge is 0.149 e. The molecule has 0 aliphatic heterocycles. The summed E-state index contributed by atoms with van der Waals surface area (Å²) in [5.41, 5.74) is 7.11. The number of nitrogen functional groups attached to an aromatic ring is 1. The normalized spacial score (nSPS) is 10.4. The van der Waals surface area contributed by atoms with Crippen molar-refractivity contribution >= 4 is 28.7 Å². The van der Waals surface area contributed by atoms with Gasteiger partial charge in [-0.25, -0.2) is 8.78 Å². The molecular weight excluding hydrogens is 258 g/mol. The number of para-hydroxylation sites is 1. The monoisotopic (exact) mass is 268 g/mol. The Labute approximate surface area is 108 Å². The lowest BCUT2D eigenvalue weighted by atomic mass is 10.1. The molecule has 0 aromatic heterocycles. The highest BCUT2D eigenvalue weighted by atomic mass is 35.5. The van der Waals surface area contributed by atoms with Crippen molar-refractivity contribution in [2.24, 2.45) is 0 Å². The van der Waals surface area contributed by atoms with Gasteiger partial charge in [0.1, 0.15) is 17.3 Å². The van der Waals surface area contributed by atoms with Gasteiger partial charge in [-0.2, -0.15) is 0 Å². The summed E-state index contributed by atoms with van der Waals surface area (Å²) in [6.07, 6.45) is 0. The van der Waals surface area contributed by atoms with Gasteiger partial charge in [0.15, 0.2) is 0 Å². The highest BCUT2D eigenvalue weighted by molar-refractivity contribution is 6.33. The van der Waals surface area contributed by atoms with Crippen LogP contribution in [0, 0.1) is 18.6 Å². The predicted octanol–water partition coefficient (Wildman–Crippen LogP) is 4.25. The number of benzene rings is 2. The molecule has 2 aromatic rings. The number of hydrogen-bond donors (Lipinski definition) is 2. The highest BCUT2D eigenvalue weighted by Gasteiger charge is 2.10. The molecule has 5 heteroatoms. The van der Waals surface area contributed by atoms with Gasteiger partial charge in [0.2, 0.25) is 0 Å². The van der Waals surface area contributed by atoms with Gasteiger partial charge in [-0.15, -0.1) is 0 Å². The Hall–Kier alpha value is -1.81. The fourth-order valence-electron chi connectivity index (χ4n) is 1.59. The quantitative estimate of drug-likeness (QED) is 0.799. The van der Waals surface area contributed by atoms with E-state index >= 15 is 0 Å². The van der Waals surface area contributed by atoms with Crippen molar-refractivity contribution in [2.45, 2.75) is 6.92 Å². The van der Waals surface area contributed by atoms with Gasteiger partial charge in [0, 0.05) is 5.69 Å². The van der Waals surface area contributed by atoms with Crippen LogP contribution in [0.1, 0.15) is 5.56 Å². The van der Waals surface area contributed by atoms with Gasteiger partial charge in [-0.1, -0.05) is 17.7 Å². The number of anilines is 3. The molecule has 3 N–H and O–H groups in total. The maximum atomic E-state index is 13.5. The Morgan fingerprint density at radius 3 is 2.39 bits per heavy atom. The van der Waals surface area contributed by atoms with Crippen molar-refractivity contribution in [1.29, 1.82) is 0 Å². The molecule has 2 rings (SSSR count). The fourth-order valence-corrected chi connectivity index (χ4v) is 1.75. The van der Waals surface area contributed by atoms with E-state index in [-0.39, 0.29) is 5.69 Å². The molecule has 0 bridgehead atoms. The van der Waals surface area contributed by atoms with Gasteiger partial charge in [-0.3, -0.25) is 0 Å². The largest absolute Gasteiger partial charge is 0.398 e. The molecule has 0 saturated heterocycles. The number of hydrogen-bond acceptors (Lipinski definition) is 2. The molecule has 0 unspecified atom stereocenters. The Bertz CT molecular complexity index is 580. The third kappa shape index (κ3) is 2.38. The molecule has 0 heterocycles. The standard InChI is InChI=1S/C13H11ClF2N2/c1-7-5-11(17)8(14)6-12(7)18-13-9(15)3-2-4-10(13)16/h2-6,18H,17H2,1H3. The fraction of sp³-hybridized carbons (Fsp3) is 0.0769. The van der Waals surface area contributed by atoms with E-state index in [1.807, 2.05) is 0 Å².